The van der Waals surface area contributed by atoms with E-state index in [4.69, 9.17) is 32.2 Å². The molecule has 0 bridgehead atoms. The maximum Gasteiger partial charge on any atom is 0.505 e. The molecule has 1 heterocycles. The highest BCUT2D eigenvalue weighted by molar-refractivity contribution is 6.61. The van der Waals surface area contributed by atoms with E-state index in [0.29, 0.717) is 45.7 Å². The molecule has 0 amide bonds. The first-order valence-electron chi connectivity index (χ1n) is 13.5. The van der Waals surface area contributed by atoms with Crippen molar-refractivity contribution in [2.75, 3.05) is 39.6 Å². The minimum Gasteiger partial charge on any atom is -0.373 e. The third-order valence-corrected chi connectivity index (χ3v) is 8.33. The fraction of sp³-hybridized carbons (Fsp3) is 1.00. The van der Waals surface area contributed by atoms with Crippen LogP contribution in [-0.2, 0) is 32.2 Å². The van der Waals surface area contributed by atoms with E-state index >= 15 is 0 Å². The average molecular weight is 493 g/mol. The molecule has 7 nitrogen and oxygen atoms in total. The van der Waals surface area contributed by atoms with Gasteiger partial charge >= 0.3 is 14.8 Å². The Morgan fingerprint density at radius 1 is 0.606 bits per heavy atom. The summed E-state index contributed by atoms with van der Waals surface area (Å²) < 4.78 is 46.0. The second kappa shape index (κ2) is 16.6. The Kier molecular flexibility index (Phi) is 15.6. The quantitative estimate of drug-likeness (QED) is 0.146. The van der Waals surface area contributed by atoms with Gasteiger partial charge in [-0.15, -0.1) is 0 Å². The zero-order chi connectivity index (χ0) is 24.6. The van der Waals surface area contributed by atoms with E-state index in [-0.39, 0.29) is 5.92 Å². The van der Waals surface area contributed by atoms with Gasteiger partial charge in [-0.2, -0.15) is 0 Å². The van der Waals surface area contributed by atoms with Crippen LogP contribution in [0.1, 0.15) is 99.8 Å². The molecule has 0 aromatic carbocycles. The second-order valence-corrected chi connectivity index (χ2v) is 11.3. The van der Waals surface area contributed by atoms with Gasteiger partial charge in [-0.25, -0.2) is 0 Å². The number of hydrogen-bond donors (Lipinski definition) is 0. The molecular formula is C25H52O7Si. The fourth-order valence-corrected chi connectivity index (χ4v) is 7.41. The smallest absolute Gasteiger partial charge is 0.373 e. The number of rotatable bonds is 20. The zero-order valence-electron chi connectivity index (χ0n) is 22.5. The van der Waals surface area contributed by atoms with Gasteiger partial charge in [-0.1, -0.05) is 54.9 Å². The summed E-state index contributed by atoms with van der Waals surface area (Å²) in [4.78, 5) is 0. The minimum atomic E-state index is -3.14. The van der Waals surface area contributed by atoms with Gasteiger partial charge in [-0.05, 0) is 44.9 Å². The lowest BCUT2D eigenvalue weighted by molar-refractivity contribution is -0.504. The van der Waals surface area contributed by atoms with E-state index in [1.165, 1.54) is 0 Å². The molecule has 198 valence electrons. The van der Waals surface area contributed by atoms with Gasteiger partial charge in [0.2, 0.25) is 0 Å². The van der Waals surface area contributed by atoms with Gasteiger partial charge in [0.25, 0.3) is 5.79 Å². The van der Waals surface area contributed by atoms with Crippen LogP contribution in [0.4, 0.5) is 0 Å². The van der Waals surface area contributed by atoms with Gasteiger partial charge in [-0.3, -0.25) is 0 Å². The Hall–Kier alpha value is -0.0631. The lowest BCUT2D eigenvalue weighted by Gasteiger charge is -2.57. The van der Waals surface area contributed by atoms with Crippen molar-refractivity contribution >= 4 is 8.80 Å². The van der Waals surface area contributed by atoms with Gasteiger partial charge < -0.3 is 32.2 Å². The molecule has 1 fully saturated rings. The number of hydrogen-bond acceptors (Lipinski definition) is 7. The van der Waals surface area contributed by atoms with E-state index < -0.39 is 20.6 Å². The molecule has 1 unspecified atom stereocenters. The van der Waals surface area contributed by atoms with Crippen molar-refractivity contribution in [3.8, 4) is 0 Å². The van der Waals surface area contributed by atoms with Crippen molar-refractivity contribution in [1.82, 2.24) is 0 Å². The molecule has 0 aliphatic carbocycles. The molecule has 1 aliphatic heterocycles. The summed E-state index contributed by atoms with van der Waals surface area (Å²) in [5, 5.41) is 0. The summed E-state index contributed by atoms with van der Waals surface area (Å²) in [5.41, 5.74) is 0. The lowest BCUT2D eigenvalue weighted by atomic mass is 9.92. The van der Waals surface area contributed by atoms with Gasteiger partial charge in [0.05, 0.1) is 26.4 Å². The summed E-state index contributed by atoms with van der Waals surface area (Å²) in [7, 11) is -3.14. The minimum absolute atomic E-state index is 0.0385. The number of ether oxygens (including phenoxy) is 4. The van der Waals surface area contributed by atoms with E-state index in [2.05, 4.69) is 48.5 Å². The van der Waals surface area contributed by atoms with Crippen LogP contribution in [0, 0.1) is 5.92 Å². The van der Waals surface area contributed by atoms with Crippen LogP contribution in [0.2, 0.25) is 6.04 Å². The Balaban J connectivity index is 3.68. The first-order valence-corrected chi connectivity index (χ1v) is 15.5. The van der Waals surface area contributed by atoms with Crippen LogP contribution < -0.4 is 0 Å². The predicted molar refractivity (Wildman–Crippen MR) is 133 cm³/mol. The second-order valence-electron chi connectivity index (χ2n) is 8.79. The first-order chi connectivity index (χ1) is 16.0. The van der Waals surface area contributed by atoms with Crippen LogP contribution in [0.15, 0.2) is 0 Å². The van der Waals surface area contributed by atoms with Gasteiger partial charge in [0, 0.05) is 25.2 Å². The molecule has 0 aromatic heterocycles. The largest absolute Gasteiger partial charge is 0.505 e. The molecule has 0 spiro atoms. The van der Waals surface area contributed by atoms with Gasteiger partial charge in [0.15, 0.2) is 0 Å². The molecule has 0 N–H and O–H groups in total. The van der Waals surface area contributed by atoms with E-state index in [9.17, 15) is 0 Å². The third kappa shape index (κ3) is 8.24. The maximum absolute atomic E-state index is 6.86. The van der Waals surface area contributed by atoms with E-state index in [0.717, 1.165) is 51.4 Å². The summed E-state index contributed by atoms with van der Waals surface area (Å²) in [6.45, 7) is 17.9. The van der Waals surface area contributed by atoms with Crippen LogP contribution >= 0.6 is 0 Å². The van der Waals surface area contributed by atoms with Crippen LogP contribution in [0.5, 0.6) is 0 Å². The Morgan fingerprint density at radius 3 is 1.42 bits per heavy atom. The monoisotopic (exact) mass is 492 g/mol. The summed E-state index contributed by atoms with van der Waals surface area (Å²) in [5.74, 6) is -2.75. The van der Waals surface area contributed by atoms with Crippen molar-refractivity contribution in [3.05, 3.63) is 0 Å². The molecule has 1 rings (SSSR count). The lowest BCUT2D eigenvalue weighted by Crippen LogP contribution is -2.75. The Bertz CT molecular complexity index is 467. The van der Waals surface area contributed by atoms with Crippen LogP contribution in [0.25, 0.3) is 0 Å². The summed E-state index contributed by atoms with van der Waals surface area (Å²) >= 11 is 0. The predicted octanol–water partition coefficient (Wildman–Crippen LogP) is 6.28. The molecule has 0 radical (unpaired) electrons. The Labute approximate surface area is 204 Å². The zero-order valence-corrected chi connectivity index (χ0v) is 23.5. The highest BCUT2D eigenvalue weighted by Gasteiger charge is 2.72. The van der Waals surface area contributed by atoms with Crippen LogP contribution in [-0.4, -0.2) is 60.2 Å². The molecule has 1 atom stereocenters. The Morgan fingerprint density at radius 2 is 1.03 bits per heavy atom. The molecule has 0 aromatic rings. The highest BCUT2D eigenvalue weighted by atomic mass is 28.4. The summed E-state index contributed by atoms with van der Waals surface area (Å²) in [6.07, 6.45) is 6.96. The van der Waals surface area contributed by atoms with Crippen LogP contribution in [0.3, 0.4) is 0 Å². The van der Waals surface area contributed by atoms with Crippen molar-refractivity contribution in [2.24, 2.45) is 5.92 Å². The normalized spacial score (nSPS) is 21.4. The first kappa shape index (κ1) is 31.0. The molecule has 0 saturated carbocycles. The van der Waals surface area contributed by atoms with Crippen molar-refractivity contribution in [2.45, 2.75) is 118 Å². The van der Waals surface area contributed by atoms with Crippen molar-refractivity contribution in [3.63, 3.8) is 0 Å². The highest BCUT2D eigenvalue weighted by Crippen LogP contribution is 2.52. The van der Waals surface area contributed by atoms with Gasteiger partial charge in [0.1, 0.15) is 0 Å². The molecule has 8 heteroatoms. The summed E-state index contributed by atoms with van der Waals surface area (Å²) in [6, 6.07) is 0.626. The van der Waals surface area contributed by atoms with E-state index in [1.807, 2.05) is 0 Å². The van der Waals surface area contributed by atoms with E-state index in [1.54, 1.807) is 0 Å². The van der Waals surface area contributed by atoms with Crippen molar-refractivity contribution < 1.29 is 32.2 Å². The molecule has 33 heavy (non-hydrogen) atoms. The SMILES string of the molecule is CCCOC1(OCCC)O[Si](OCCC)(OCCC)CC(CCC)C1(OCCC)OCCC. The molecular weight excluding hydrogens is 440 g/mol. The maximum atomic E-state index is 6.86. The standard InChI is InChI=1S/C25H52O7Si/c1-8-15-23-22-33(30-20-13-6,31-21-14-7)32-25(28-18-11-4,29-19-12-5)24(23,26-16-9-2)27-17-10-3/h23H,8-22H2,1-7H3. The topological polar surface area (TPSA) is 64.6 Å². The fourth-order valence-electron chi connectivity index (χ4n) is 4.11. The average Bonchev–Trinajstić information content (AvgIpc) is 2.83. The third-order valence-electron chi connectivity index (χ3n) is 5.47. The van der Waals surface area contributed by atoms with Crippen molar-refractivity contribution in [1.29, 1.82) is 0 Å². The molecule has 1 saturated heterocycles. The molecule has 1 aliphatic rings.